The van der Waals surface area contributed by atoms with E-state index in [1.807, 2.05) is 0 Å². The molecular formula is C20H24FN5O2S. The Balaban J connectivity index is 1.25. The average Bonchev–Trinajstić information content (AvgIpc) is 3.30. The minimum Gasteiger partial charge on any atom is -0.368 e. The van der Waals surface area contributed by atoms with Crippen molar-refractivity contribution in [3.63, 3.8) is 0 Å². The molecule has 0 spiro atoms. The van der Waals surface area contributed by atoms with E-state index in [0.29, 0.717) is 31.3 Å². The van der Waals surface area contributed by atoms with E-state index in [-0.39, 0.29) is 17.8 Å². The lowest BCUT2D eigenvalue weighted by Crippen LogP contribution is -2.54. The van der Waals surface area contributed by atoms with Crippen LogP contribution in [0.2, 0.25) is 0 Å². The van der Waals surface area contributed by atoms with Gasteiger partial charge in [-0.1, -0.05) is 0 Å². The molecule has 0 saturated carbocycles. The van der Waals surface area contributed by atoms with Gasteiger partial charge in [-0.3, -0.25) is 4.79 Å². The van der Waals surface area contributed by atoms with E-state index in [1.165, 1.54) is 28.3 Å². The largest absolute Gasteiger partial charge is 0.368 e. The first-order chi connectivity index (χ1) is 14.0. The number of aromatic nitrogens is 1. The molecule has 1 saturated heterocycles. The van der Waals surface area contributed by atoms with E-state index in [4.69, 9.17) is 0 Å². The van der Waals surface area contributed by atoms with Crippen LogP contribution in [0.4, 0.5) is 20.0 Å². The minimum absolute atomic E-state index is 0.256. The van der Waals surface area contributed by atoms with Crippen LogP contribution in [0.25, 0.3) is 0 Å². The zero-order chi connectivity index (χ0) is 20.4. The quantitative estimate of drug-likeness (QED) is 0.802. The van der Waals surface area contributed by atoms with Gasteiger partial charge >= 0.3 is 6.03 Å². The summed E-state index contributed by atoms with van der Waals surface area (Å²) in [5.74, 6) is -0.530. The van der Waals surface area contributed by atoms with E-state index in [9.17, 15) is 14.0 Å². The Kier molecular flexibility index (Phi) is 5.66. The molecule has 154 valence electrons. The third-order valence-corrected chi connectivity index (χ3v) is 6.39. The monoisotopic (exact) mass is 417 g/mol. The predicted molar refractivity (Wildman–Crippen MR) is 111 cm³/mol. The van der Waals surface area contributed by atoms with E-state index >= 15 is 0 Å². The highest BCUT2D eigenvalue weighted by Crippen LogP contribution is 2.30. The molecule has 0 unspecified atom stereocenters. The van der Waals surface area contributed by atoms with Gasteiger partial charge in [-0.15, -0.1) is 11.3 Å². The number of amides is 3. The molecule has 1 aliphatic carbocycles. The maximum Gasteiger partial charge on any atom is 0.318 e. The highest BCUT2D eigenvalue weighted by molar-refractivity contribution is 7.15. The van der Waals surface area contributed by atoms with Crippen LogP contribution in [-0.4, -0.2) is 54.0 Å². The summed E-state index contributed by atoms with van der Waals surface area (Å²) in [5, 5.41) is 6.18. The van der Waals surface area contributed by atoms with Gasteiger partial charge in [0.1, 0.15) is 11.9 Å². The summed E-state index contributed by atoms with van der Waals surface area (Å²) in [7, 11) is 0. The first-order valence-electron chi connectivity index (χ1n) is 9.85. The van der Waals surface area contributed by atoms with Crippen molar-refractivity contribution in [1.82, 2.24) is 15.2 Å². The number of hydrogen-bond donors (Lipinski definition) is 2. The van der Waals surface area contributed by atoms with Crippen LogP contribution in [0, 0.1) is 5.82 Å². The lowest BCUT2D eigenvalue weighted by molar-refractivity contribution is -0.117. The molecule has 4 rings (SSSR count). The van der Waals surface area contributed by atoms with Gasteiger partial charge in [0.05, 0.1) is 5.69 Å². The summed E-state index contributed by atoms with van der Waals surface area (Å²) >= 11 is 1.52. The topological polar surface area (TPSA) is 77.6 Å². The highest BCUT2D eigenvalue weighted by Gasteiger charge is 2.25. The number of nitrogens with one attached hydrogen (secondary N) is 2. The number of benzene rings is 1. The van der Waals surface area contributed by atoms with Crippen molar-refractivity contribution in [2.45, 2.75) is 32.2 Å². The molecule has 1 aliphatic heterocycles. The number of halogens is 1. The standard InChI is InChI=1S/C20H24FN5O2S/c1-13(18(27)24-19-23-16-3-2-4-17(16)29-19)22-20(28)26-11-9-25(10-12-26)15-7-5-14(21)6-8-15/h5-8,13H,2-4,9-12H2,1H3,(H,22,28)(H,23,24,27)/t13-/m1/s1. The van der Waals surface area contributed by atoms with Crippen LogP contribution in [0.3, 0.4) is 0 Å². The first kappa shape index (κ1) is 19.6. The lowest BCUT2D eigenvalue weighted by atomic mass is 10.2. The number of nitrogens with zero attached hydrogens (tertiary/aromatic N) is 3. The van der Waals surface area contributed by atoms with Crippen LogP contribution in [0.5, 0.6) is 0 Å². The number of rotatable bonds is 4. The SMILES string of the molecule is C[C@@H](NC(=O)N1CCN(c2ccc(F)cc2)CC1)C(=O)Nc1nc2c(s1)CCC2. The van der Waals surface area contributed by atoms with Crippen molar-refractivity contribution < 1.29 is 14.0 Å². The zero-order valence-electron chi connectivity index (χ0n) is 16.3. The van der Waals surface area contributed by atoms with Gasteiger partial charge in [-0.25, -0.2) is 14.2 Å². The van der Waals surface area contributed by atoms with E-state index in [2.05, 4.69) is 20.5 Å². The summed E-state index contributed by atoms with van der Waals surface area (Å²) in [4.78, 5) is 34.4. The third kappa shape index (κ3) is 4.50. The molecule has 1 atom stereocenters. The van der Waals surface area contributed by atoms with Crippen molar-refractivity contribution >= 4 is 34.1 Å². The van der Waals surface area contributed by atoms with Gasteiger partial charge in [0.15, 0.2) is 5.13 Å². The fraction of sp³-hybridized carbons (Fsp3) is 0.450. The molecule has 1 aromatic carbocycles. The van der Waals surface area contributed by atoms with Gasteiger partial charge in [0, 0.05) is 36.7 Å². The molecule has 2 heterocycles. The van der Waals surface area contributed by atoms with Crippen LogP contribution in [-0.2, 0) is 17.6 Å². The molecule has 2 aliphatic rings. The second-order valence-electron chi connectivity index (χ2n) is 7.35. The van der Waals surface area contributed by atoms with Gasteiger partial charge in [-0.2, -0.15) is 0 Å². The highest BCUT2D eigenvalue weighted by atomic mass is 32.1. The fourth-order valence-corrected chi connectivity index (χ4v) is 4.67. The Morgan fingerprint density at radius 2 is 1.86 bits per heavy atom. The molecule has 2 N–H and O–H groups in total. The molecule has 0 radical (unpaired) electrons. The molecule has 7 nitrogen and oxygen atoms in total. The fourth-order valence-electron chi connectivity index (χ4n) is 3.62. The molecule has 1 aromatic heterocycles. The summed E-state index contributed by atoms with van der Waals surface area (Å²) < 4.78 is 13.1. The zero-order valence-corrected chi connectivity index (χ0v) is 17.1. The van der Waals surface area contributed by atoms with Crippen molar-refractivity contribution in [3.05, 3.63) is 40.7 Å². The lowest BCUT2D eigenvalue weighted by Gasteiger charge is -2.36. The molecule has 1 fully saturated rings. The number of aryl methyl sites for hydroxylation is 2. The van der Waals surface area contributed by atoms with E-state index < -0.39 is 6.04 Å². The number of anilines is 2. The number of hydrogen-bond acceptors (Lipinski definition) is 5. The van der Waals surface area contributed by atoms with Crippen LogP contribution >= 0.6 is 11.3 Å². The Bertz CT molecular complexity index is 871. The smallest absolute Gasteiger partial charge is 0.318 e. The van der Waals surface area contributed by atoms with Crippen LogP contribution in [0.1, 0.15) is 23.9 Å². The molecule has 29 heavy (non-hydrogen) atoms. The summed E-state index contributed by atoms with van der Waals surface area (Å²) in [5.41, 5.74) is 2.02. The number of carbonyl (C=O) groups excluding carboxylic acids is 2. The Labute approximate surface area is 172 Å². The van der Waals surface area contributed by atoms with Crippen molar-refractivity contribution in [1.29, 1.82) is 0 Å². The number of fused-ring (bicyclic) bond motifs is 1. The Hall–Kier alpha value is -2.68. The van der Waals surface area contributed by atoms with Crippen molar-refractivity contribution in [3.8, 4) is 0 Å². The third-order valence-electron chi connectivity index (χ3n) is 5.32. The van der Waals surface area contributed by atoms with E-state index in [0.717, 1.165) is 30.6 Å². The van der Waals surface area contributed by atoms with Gasteiger partial charge in [0.25, 0.3) is 0 Å². The summed E-state index contributed by atoms with van der Waals surface area (Å²) in [6, 6.07) is 5.44. The van der Waals surface area contributed by atoms with Crippen LogP contribution < -0.4 is 15.5 Å². The average molecular weight is 418 g/mol. The molecule has 0 bridgehead atoms. The number of carbonyl (C=O) groups is 2. The van der Waals surface area contributed by atoms with Crippen molar-refractivity contribution in [2.75, 3.05) is 36.4 Å². The van der Waals surface area contributed by atoms with Gasteiger partial charge < -0.3 is 20.4 Å². The maximum atomic E-state index is 13.1. The minimum atomic E-state index is -0.656. The molecule has 9 heteroatoms. The van der Waals surface area contributed by atoms with Gasteiger partial charge in [-0.05, 0) is 50.5 Å². The summed E-state index contributed by atoms with van der Waals surface area (Å²) in [6.45, 7) is 4.06. The Morgan fingerprint density at radius 3 is 2.55 bits per heavy atom. The predicted octanol–water partition coefficient (Wildman–Crippen LogP) is 2.63. The second-order valence-corrected chi connectivity index (χ2v) is 8.44. The normalized spacial score (nSPS) is 17.0. The second kappa shape index (κ2) is 8.36. The number of piperazine rings is 1. The van der Waals surface area contributed by atoms with Gasteiger partial charge in [0.2, 0.25) is 5.91 Å². The number of thiazole rings is 1. The van der Waals surface area contributed by atoms with E-state index in [1.54, 1.807) is 24.0 Å². The number of urea groups is 1. The summed E-state index contributed by atoms with van der Waals surface area (Å²) in [6.07, 6.45) is 3.13. The molecular weight excluding hydrogens is 393 g/mol. The molecule has 3 amide bonds. The Morgan fingerprint density at radius 1 is 1.14 bits per heavy atom. The van der Waals surface area contributed by atoms with Crippen molar-refractivity contribution in [2.24, 2.45) is 0 Å². The molecule has 2 aromatic rings. The maximum absolute atomic E-state index is 13.1. The van der Waals surface area contributed by atoms with Crippen LogP contribution in [0.15, 0.2) is 24.3 Å². The first-order valence-corrected chi connectivity index (χ1v) is 10.7.